The zero-order valence-corrected chi connectivity index (χ0v) is 18.5. The first-order valence-electron chi connectivity index (χ1n) is 10.4. The summed E-state index contributed by atoms with van der Waals surface area (Å²) in [4.78, 5) is 16.5. The van der Waals surface area contributed by atoms with E-state index in [2.05, 4.69) is 11.9 Å². The molecular formula is C23H31NO5S. The summed E-state index contributed by atoms with van der Waals surface area (Å²) in [6.07, 6.45) is 8.67. The van der Waals surface area contributed by atoms with Crippen molar-refractivity contribution in [3.8, 4) is 5.75 Å². The number of carboxylic acids is 1. The van der Waals surface area contributed by atoms with E-state index in [-0.39, 0.29) is 17.7 Å². The van der Waals surface area contributed by atoms with Crippen LogP contribution in [0.2, 0.25) is 0 Å². The van der Waals surface area contributed by atoms with Crippen molar-refractivity contribution in [1.29, 1.82) is 0 Å². The number of rotatable bonds is 13. The average Bonchev–Trinajstić information content (AvgIpc) is 2.75. The van der Waals surface area contributed by atoms with Gasteiger partial charge in [0.2, 0.25) is 0 Å². The van der Waals surface area contributed by atoms with Crippen LogP contribution in [0.4, 0.5) is 0 Å². The molecule has 0 aliphatic carbocycles. The topological polar surface area (TPSA) is 93.6 Å². The Bertz CT molecular complexity index is 897. The Balaban J connectivity index is 2.39. The molecular weight excluding hydrogens is 402 g/mol. The van der Waals surface area contributed by atoms with Crippen molar-refractivity contribution in [2.45, 2.75) is 67.9 Å². The van der Waals surface area contributed by atoms with Gasteiger partial charge in [-0.1, -0.05) is 51.5 Å². The minimum absolute atomic E-state index is 0.0134. The number of aliphatic carboxylic acids is 1. The predicted octanol–water partition coefficient (Wildman–Crippen LogP) is 4.68. The van der Waals surface area contributed by atoms with E-state index in [9.17, 15) is 18.3 Å². The lowest BCUT2D eigenvalue weighted by molar-refractivity contribution is -0.140. The molecule has 1 heterocycles. The van der Waals surface area contributed by atoms with E-state index < -0.39 is 20.6 Å². The molecule has 1 unspecified atom stereocenters. The number of hydrogen-bond acceptors (Lipinski definition) is 5. The number of unbranched alkanes of at least 4 members (excludes halogenated alkanes) is 5. The van der Waals surface area contributed by atoms with E-state index in [0.29, 0.717) is 17.7 Å². The molecule has 1 aromatic carbocycles. The number of ether oxygens (including phenoxy) is 1. The fourth-order valence-corrected chi connectivity index (χ4v) is 5.56. The van der Waals surface area contributed by atoms with E-state index >= 15 is 0 Å². The van der Waals surface area contributed by atoms with Gasteiger partial charge in [-0.15, -0.1) is 0 Å². The molecule has 0 aliphatic heterocycles. The molecule has 6 nitrogen and oxygen atoms in total. The molecule has 0 fully saturated rings. The number of carbonyl (C=O) groups is 1. The van der Waals surface area contributed by atoms with E-state index in [0.717, 1.165) is 32.1 Å². The smallest absolute Gasteiger partial charge is 0.325 e. The third-order valence-electron chi connectivity index (χ3n) is 5.42. The van der Waals surface area contributed by atoms with Crippen LogP contribution in [0.5, 0.6) is 5.75 Å². The van der Waals surface area contributed by atoms with Crippen LogP contribution in [0.1, 0.15) is 57.4 Å². The van der Waals surface area contributed by atoms with Crippen LogP contribution in [-0.4, -0.2) is 36.3 Å². The van der Waals surface area contributed by atoms with Gasteiger partial charge in [-0.25, -0.2) is 8.42 Å². The van der Waals surface area contributed by atoms with Gasteiger partial charge in [0.25, 0.3) is 0 Å². The predicted molar refractivity (Wildman–Crippen MR) is 116 cm³/mol. The summed E-state index contributed by atoms with van der Waals surface area (Å²) in [5.74, 6) is -0.811. The van der Waals surface area contributed by atoms with Crippen molar-refractivity contribution >= 4 is 15.8 Å². The molecule has 0 saturated carbocycles. The number of aromatic nitrogens is 1. The monoisotopic (exact) mass is 433 g/mol. The number of pyridine rings is 1. The molecule has 164 valence electrons. The maximum absolute atomic E-state index is 13.6. The first-order valence-corrected chi connectivity index (χ1v) is 11.9. The number of nitrogens with zero attached hydrogens (tertiary/aromatic N) is 1. The van der Waals surface area contributed by atoms with Crippen molar-refractivity contribution in [1.82, 2.24) is 4.98 Å². The minimum Gasteiger partial charge on any atom is -0.497 e. The molecule has 2 rings (SSSR count). The van der Waals surface area contributed by atoms with Gasteiger partial charge < -0.3 is 9.84 Å². The highest BCUT2D eigenvalue weighted by atomic mass is 32.2. The minimum atomic E-state index is -4.17. The summed E-state index contributed by atoms with van der Waals surface area (Å²) in [6.45, 7) is 2.13. The number of carboxylic acid groups (broad SMARTS) is 1. The van der Waals surface area contributed by atoms with Gasteiger partial charge in [0, 0.05) is 18.8 Å². The molecule has 7 heteroatoms. The molecule has 0 aliphatic rings. The summed E-state index contributed by atoms with van der Waals surface area (Å²) in [6, 6.07) is 9.30. The third kappa shape index (κ3) is 5.59. The highest BCUT2D eigenvalue weighted by molar-refractivity contribution is 7.93. The van der Waals surface area contributed by atoms with Crippen molar-refractivity contribution in [3.05, 3.63) is 54.4 Å². The highest BCUT2D eigenvalue weighted by Gasteiger charge is 2.51. The van der Waals surface area contributed by atoms with Gasteiger partial charge in [-0.3, -0.25) is 9.78 Å². The Morgan fingerprint density at radius 3 is 2.30 bits per heavy atom. The van der Waals surface area contributed by atoms with Gasteiger partial charge in [-0.05, 0) is 42.3 Å². The summed E-state index contributed by atoms with van der Waals surface area (Å²) in [5.41, 5.74) is 0.586. The molecule has 0 amide bonds. The standard InChI is InChI=1S/C23H31NO5S/c1-3-4-5-6-7-8-15-23(22(25)26,17-19-10-9-16-24-18-19)30(27,28)21-13-11-20(29-2)12-14-21/h9-14,16,18H,3-8,15,17H2,1-2H3,(H,25,26). The zero-order chi connectivity index (χ0) is 22.0. The normalized spacial score (nSPS) is 13.5. The van der Waals surface area contributed by atoms with Crippen LogP contribution >= 0.6 is 0 Å². The van der Waals surface area contributed by atoms with E-state index in [1.165, 1.54) is 37.6 Å². The lowest BCUT2D eigenvalue weighted by Crippen LogP contribution is -2.48. The van der Waals surface area contributed by atoms with Gasteiger partial charge in [0.15, 0.2) is 14.6 Å². The summed E-state index contributed by atoms with van der Waals surface area (Å²) in [5, 5.41) is 10.2. The fourth-order valence-electron chi connectivity index (χ4n) is 3.62. The number of sulfone groups is 1. The van der Waals surface area contributed by atoms with Crippen LogP contribution in [0, 0.1) is 0 Å². The number of methoxy groups -OCH3 is 1. The van der Waals surface area contributed by atoms with E-state index in [1.807, 2.05) is 0 Å². The van der Waals surface area contributed by atoms with Crippen molar-refractivity contribution < 1.29 is 23.1 Å². The molecule has 1 aromatic heterocycles. The van der Waals surface area contributed by atoms with Gasteiger partial charge in [0.1, 0.15) is 5.75 Å². The second kappa shape index (κ2) is 11.1. The van der Waals surface area contributed by atoms with Crippen LogP contribution in [0.25, 0.3) is 0 Å². The largest absolute Gasteiger partial charge is 0.497 e. The van der Waals surface area contributed by atoms with Crippen LogP contribution in [0.15, 0.2) is 53.7 Å². The Labute approximate surface area is 179 Å². The molecule has 30 heavy (non-hydrogen) atoms. The van der Waals surface area contributed by atoms with Gasteiger partial charge >= 0.3 is 5.97 Å². The Hall–Kier alpha value is -2.41. The van der Waals surface area contributed by atoms with Crippen molar-refractivity contribution in [2.75, 3.05) is 7.11 Å². The third-order valence-corrected chi connectivity index (χ3v) is 7.87. The molecule has 0 spiro atoms. The molecule has 1 atom stereocenters. The lowest BCUT2D eigenvalue weighted by Gasteiger charge is -2.29. The second-order valence-corrected chi connectivity index (χ2v) is 9.79. The fraction of sp³-hybridized carbons (Fsp3) is 0.478. The SMILES string of the molecule is CCCCCCCCC(Cc1cccnc1)(C(=O)O)S(=O)(=O)c1ccc(OC)cc1. The molecule has 0 radical (unpaired) electrons. The van der Waals surface area contributed by atoms with Crippen LogP contribution < -0.4 is 4.74 Å². The van der Waals surface area contributed by atoms with Crippen LogP contribution in [0.3, 0.4) is 0 Å². The average molecular weight is 434 g/mol. The quantitative estimate of drug-likeness (QED) is 0.461. The van der Waals surface area contributed by atoms with Gasteiger partial charge in [0.05, 0.1) is 12.0 Å². The van der Waals surface area contributed by atoms with Crippen molar-refractivity contribution in [3.63, 3.8) is 0 Å². The first kappa shape index (κ1) is 23.9. The first-order chi connectivity index (χ1) is 14.4. The van der Waals surface area contributed by atoms with E-state index in [1.54, 1.807) is 18.3 Å². The molecule has 2 aromatic rings. The molecule has 0 saturated heterocycles. The maximum Gasteiger partial charge on any atom is 0.325 e. The van der Waals surface area contributed by atoms with Crippen molar-refractivity contribution in [2.24, 2.45) is 0 Å². The number of benzene rings is 1. The maximum atomic E-state index is 13.6. The summed E-state index contributed by atoms with van der Waals surface area (Å²) < 4.78 is 30.4. The molecule has 1 N–H and O–H groups in total. The molecule has 0 bridgehead atoms. The second-order valence-electron chi connectivity index (χ2n) is 7.53. The summed E-state index contributed by atoms with van der Waals surface area (Å²) in [7, 11) is -2.67. The van der Waals surface area contributed by atoms with E-state index in [4.69, 9.17) is 4.74 Å². The Kier molecular flexibility index (Phi) is 8.84. The van der Waals surface area contributed by atoms with Crippen LogP contribution in [-0.2, 0) is 21.1 Å². The summed E-state index contributed by atoms with van der Waals surface area (Å²) >= 11 is 0. The highest BCUT2D eigenvalue weighted by Crippen LogP contribution is 2.35. The Morgan fingerprint density at radius 2 is 1.73 bits per heavy atom. The Morgan fingerprint density at radius 1 is 1.07 bits per heavy atom. The van der Waals surface area contributed by atoms with Gasteiger partial charge in [-0.2, -0.15) is 0 Å². The lowest BCUT2D eigenvalue weighted by atomic mass is 9.93. The number of hydrogen-bond donors (Lipinski definition) is 1. The zero-order valence-electron chi connectivity index (χ0n) is 17.7.